The molecule has 0 bridgehead atoms. The minimum atomic E-state index is -0.277. The van der Waals surface area contributed by atoms with Gasteiger partial charge in [0.1, 0.15) is 0 Å². The molecule has 1 saturated heterocycles. The number of carbonyl (C=O) groups excluding carboxylic acids is 1. The summed E-state index contributed by atoms with van der Waals surface area (Å²) in [6, 6.07) is 9.67. The molecule has 1 aliphatic rings. The highest BCUT2D eigenvalue weighted by atomic mass is 16.5. The number of benzene rings is 1. The first-order valence-electron chi connectivity index (χ1n) is 7.08. The van der Waals surface area contributed by atoms with Gasteiger partial charge in [-0.1, -0.05) is 30.3 Å². The highest BCUT2D eigenvalue weighted by molar-refractivity contribution is 5.70. The van der Waals surface area contributed by atoms with E-state index in [0.717, 1.165) is 25.0 Å². The number of rotatable bonds is 5. The average Bonchev–Trinajstić information content (AvgIpc) is 3.17. The van der Waals surface area contributed by atoms with Crippen molar-refractivity contribution in [2.24, 2.45) is 0 Å². The molecule has 0 spiro atoms. The van der Waals surface area contributed by atoms with Crippen molar-refractivity contribution in [1.82, 2.24) is 4.98 Å². The number of oxazole rings is 1. The summed E-state index contributed by atoms with van der Waals surface area (Å²) >= 11 is 0. The third kappa shape index (κ3) is 3.70. The maximum absolute atomic E-state index is 11.7. The Morgan fingerprint density at radius 1 is 1.33 bits per heavy atom. The maximum Gasteiger partial charge on any atom is 0.308 e. The van der Waals surface area contributed by atoms with Crippen LogP contribution in [0, 0.1) is 0 Å². The first kappa shape index (κ1) is 13.8. The van der Waals surface area contributed by atoms with E-state index >= 15 is 0 Å². The molecule has 5 nitrogen and oxygen atoms in total. The molecule has 2 heterocycles. The Bertz CT molecular complexity index is 587. The zero-order chi connectivity index (χ0) is 14.5. The monoisotopic (exact) mass is 287 g/mol. The Morgan fingerprint density at radius 3 is 2.95 bits per heavy atom. The topological polar surface area (TPSA) is 61.6 Å². The normalized spacial score (nSPS) is 17.8. The van der Waals surface area contributed by atoms with Crippen molar-refractivity contribution in [2.45, 2.75) is 32.0 Å². The Balaban J connectivity index is 1.51. The Labute approximate surface area is 122 Å². The van der Waals surface area contributed by atoms with Gasteiger partial charge in [-0.3, -0.25) is 4.79 Å². The van der Waals surface area contributed by atoms with Gasteiger partial charge in [-0.15, -0.1) is 0 Å². The molecule has 1 aliphatic heterocycles. The number of hydrogen-bond acceptors (Lipinski definition) is 5. The van der Waals surface area contributed by atoms with E-state index < -0.39 is 0 Å². The van der Waals surface area contributed by atoms with Gasteiger partial charge in [0.2, 0.25) is 5.89 Å². The van der Waals surface area contributed by atoms with Crippen molar-refractivity contribution < 1.29 is 18.7 Å². The van der Waals surface area contributed by atoms with Crippen molar-refractivity contribution in [3.63, 3.8) is 0 Å². The summed E-state index contributed by atoms with van der Waals surface area (Å²) in [5.74, 6) is 0.789. The van der Waals surface area contributed by atoms with Gasteiger partial charge >= 0.3 is 5.97 Å². The molecular formula is C16H17NO4. The Kier molecular flexibility index (Phi) is 4.31. The fourth-order valence-electron chi connectivity index (χ4n) is 2.31. The number of hydrogen-bond donors (Lipinski definition) is 0. The van der Waals surface area contributed by atoms with Crippen molar-refractivity contribution >= 4 is 5.97 Å². The molecule has 1 aromatic heterocycles. The molecule has 1 atom stereocenters. The summed E-state index contributed by atoms with van der Waals surface area (Å²) in [6.45, 7) is 0.788. The molecule has 0 N–H and O–H groups in total. The van der Waals surface area contributed by atoms with Crippen LogP contribution in [0.15, 0.2) is 40.9 Å². The van der Waals surface area contributed by atoms with Crippen LogP contribution in [-0.2, 0) is 20.9 Å². The molecular weight excluding hydrogens is 270 g/mol. The molecule has 2 aromatic rings. The third-order valence-corrected chi connectivity index (χ3v) is 3.39. The van der Waals surface area contributed by atoms with Gasteiger partial charge in [0.05, 0.1) is 18.7 Å². The molecule has 0 saturated carbocycles. The van der Waals surface area contributed by atoms with Gasteiger partial charge in [0.25, 0.3) is 0 Å². The fraction of sp³-hybridized carbons (Fsp3) is 0.375. The van der Waals surface area contributed by atoms with Crippen LogP contribution >= 0.6 is 0 Å². The minimum Gasteiger partial charge on any atom is -0.456 e. The number of esters is 1. The third-order valence-electron chi connectivity index (χ3n) is 3.39. The van der Waals surface area contributed by atoms with E-state index in [9.17, 15) is 4.79 Å². The van der Waals surface area contributed by atoms with Gasteiger partial charge in [0, 0.05) is 12.2 Å². The van der Waals surface area contributed by atoms with E-state index in [1.54, 1.807) is 6.20 Å². The number of ether oxygens (including phenoxy) is 2. The van der Waals surface area contributed by atoms with Crippen LogP contribution in [-0.4, -0.2) is 23.7 Å². The second-order valence-electron chi connectivity index (χ2n) is 4.98. The van der Waals surface area contributed by atoms with E-state index in [-0.39, 0.29) is 18.7 Å². The largest absolute Gasteiger partial charge is 0.456 e. The van der Waals surface area contributed by atoms with E-state index in [2.05, 4.69) is 4.98 Å². The highest BCUT2D eigenvalue weighted by Crippen LogP contribution is 2.20. The lowest BCUT2D eigenvalue weighted by Gasteiger charge is -2.07. The van der Waals surface area contributed by atoms with Crippen LogP contribution in [0.1, 0.15) is 25.2 Å². The number of aromatic nitrogens is 1. The summed E-state index contributed by atoms with van der Waals surface area (Å²) in [7, 11) is 0. The smallest absolute Gasteiger partial charge is 0.308 e. The molecule has 5 heteroatoms. The van der Waals surface area contributed by atoms with Crippen molar-refractivity contribution in [2.75, 3.05) is 6.61 Å². The van der Waals surface area contributed by atoms with Crippen molar-refractivity contribution in [3.05, 3.63) is 42.4 Å². The van der Waals surface area contributed by atoms with Gasteiger partial charge in [-0.25, -0.2) is 4.98 Å². The van der Waals surface area contributed by atoms with E-state index in [1.165, 1.54) is 0 Å². The van der Waals surface area contributed by atoms with Crippen molar-refractivity contribution in [3.8, 4) is 11.3 Å². The van der Waals surface area contributed by atoms with Crippen LogP contribution in [0.4, 0.5) is 0 Å². The summed E-state index contributed by atoms with van der Waals surface area (Å²) < 4.78 is 16.1. The average molecular weight is 287 g/mol. The molecule has 0 aliphatic carbocycles. The predicted molar refractivity (Wildman–Crippen MR) is 75.3 cm³/mol. The first-order chi connectivity index (χ1) is 10.3. The second-order valence-corrected chi connectivity index (χ2v) is 4.98. The Hall–Kier alpha value is -2.14. The van der Waals surface area contributed by atoms with Gasteiger partial charge in [0.15, 0.2) is 12.4 Å². The zero-order valence-electron chi connectivity index (χ0n) is 11.7. The van der Waals surface area contributed by atoms with Crippen LogP contribution < -0.4 is 0 Å². The summed E-state index contributed by atoms with van der Waals surface area (Å²) in [6.07, 6.45) is 3.87. The molecule has 0 radical (unpaired) electrons. The van der Waals surface area contributed by atoms with Gasteiger partial charge in [-0.2, -0.15) is 0 Å². The van der Waals surface area contributed by atoms with Crippen molar-refractivity contribution in [1.29, 1.82) is 0 Å². The van der Waals surface area contributed by atoms with Crippen LogP contribution in [0.2, 0.25) is 0 Å². The molecule has 110 valence electrons. The lowest BCUT2D eigenvalue weighted by Crippen LogP contribution is -2.14. The van der Waals surface area contributed by atoms with E-state index in [1.807, 2.05) is 30.3 Å². The molecule has 1 aromatic carbocycles. The maximum atomic E-state index is 11.7. The summed E-state index contributed by atoms with van der Waals surface area (Å²) in [5, 5.41) is 0. The lowest BCUT2D eigenvalue weighted by molar-refractivity contribution is -0.148. The number of carbonyl (C=O) groups is 1. The van der Waals surface area contributed by atoms with E-state index in [4.69, 9.17) is 13.9 Å². The standard InChI is InChI=1S/C16H17NO4/c18-16(9-13-7-4-8-19-13)20-11-15-17-10-14(21-15)12-5-2-1-3-6-12/h1-3,5-6,10,13H,4,7-9,11H2/t13-/m0/s1. The summed E-state index contributed by atoms with van der Waals surface area (Å²) in [4.78, 5) is 15.8. The molecule has 0 amide bonds. The zero-order valence-corrected chi connectivity index (χ0v) is 11.7. The SMILES string of the molecule is O=C(C[C@@H]1CCCO1)OCc1ncc(-c2ccccc2)o1. The number of nitrogens with zero attached hydrogens (tertiary/aromatic N) is 1. The second kappa shape index (κ2) is 6.54. The van der Waals surface area contributed by atoms with Crippen LogP contribution in [0.5, 0.6) is 0 Å². The van der Waals surface area contributed by atoms with Crippen LogP contribution in [0.3, 0.4) is 0 Å². The molecule has 3 rings (SSSR count). The molecule has 0 unspecified atom stereocenters. The lowest BCUT2D eigenvalue weighted by atomic mass is 10.2. The highest BCUT2D eigenvalue weighted by Gasteiger charge is 2.20. The summed E-state index contributed by atoms with van der Waals surface area (Å²) in [5.41, 5.74) is 0.946. The predicted octanol–water partition coefficient (Wildman–Crippen LogP) is 2.95. The molecule has 21 heavy (non-hydrogen) atoms. The van der Waals surface area contributed by atoms with Gasteiger partial charge in [-0.05, 0) is 12.8 Å². The van der Waals surface area contributed by atoms with E-state index in [0.29, 0.717) is 18.1 Å². The Morgan fingerprint density at radius 2 is 2.19 bits per heavy atom. The fourth-order valence-corrected chi connectivity index (χ4v) is 2.31. The quantitative estimate of drug-likeness (QED) is 0.791. The van der Waals surface area contributed by atoms with Gasteiger partial charge < -0.3 is 13.9 Å². The first-order valence-corrected chi connectivity index (χ1v) is 7.08. The minimum absolute atomic E-state index is 0.00180. The molecule has 1 fully saturated rings. The van der Waals surface area contributed by atoms with Crippen LogP contribution in [0.25, 0.3) is 11.3 Å².